The first kappa shape index (κ1) is 17.2. The van der Waals surface area contributed by atoms with Crippen molar-refractivity contribution in [3.8, 4) is 0 Å². The van der Waals surface area contributed by atoms with Gasteiger partial charge < -0.3 is 4.98 Å². The molecule has 25 heavy (non-hydrogen) atoms. The first-order valence-electron chi connectivity index (χ1n) is 8.91. The fourth-order valence-corrected chi connectivity index (χ4v) is 6.37. The molecule has 0 radical (unpaired) electrons. The van der Waals surface area contributed by atoms with Crippen LogP contribution < -0.4 is 4.87 Å². The molecule has 1 N–H and O–H groups in total. The van der Waals surface area contributed by atoms with E-state index in [2.05, 4.69) is 9.88 Å². The molecule has 2 aromatic rings. The molecule has 2 fully saturated rings. The molecule has 0 amide bonds. The number of H-pyrrole nitrogens is 1. The quantitative estimate of drug-likeness (QED) is 0.885. The van der Waals surface area contributed by atoms with Gasteiger partial charge in [-0.2, -0.15) is 4.31 Å². The average Bonchev–Trinajstić information content (AvgIpc) is 3.17. The minimum Gasteiger partial charge on any atom is -0.312 e. The van der Waals surface area contributed by atoms with Crippen molar-refractivity contribution in [3.63, 3.8) is 0 Å². The molecule has 1 saturated carbocycles. The summed E-state index contributed by atoms with van der Waals surface area (Å²) in [6.07, 6.45) is 5.95. The van der Waals surface area contributed by atoms with Gasteiger partial charge in [0.2, 0.25) is 10.0 Å². The van der Waals surface area contributed by atoms with E-state index < -0.39 is 10.0 Å². The molecule has 0 bridgehead atoms. The summed E-state index contributed by atoms with van der Waals surface area (Å²) in [5.74, 6) is 0. The van der Waals surface area contributed by atoms with E-state index in [-0.39, 0.29) is 9.77 Å². The summed E-state index contributed by atoms with van der Waals surface area (Å²) in [6.45, 7) is 2.89. The maximum atomic E-state index is 13.0. The number of rotatable bonds is 3. The summed E-state index contributed by atoms with van der Waals surface area (Å²) in [5.41, 5.74) is 0.692. The highest BCUT2D eigenvalue weighted by Crippen LogP contribution is 2.26. The first-order chi connectivity index (χ1) is 12.0. The van der Waals surface area contributed by atoms with Gasteiger partial charge in [0.05, 0.1) is 15.1 Å². The van der Waals surface area contributed by atoms with Crippen LogP contribution in [0.1, 0.15) is 32.1 Å². The molecule has 0 spiro atoms. The molecule has 1 aromatic carbocycles. The zero-order valence-electron chi connectivity index (χ0n) is 14.1. The molecule has 1 saturated heterocycles. The maximum Gasteiger partial charge on any atom is 0.305 e. The second-order valence-electron chi connectivity index (χ2n) is 6.90. The fraction of sp³-hybridized carbons (Fsp3) is 0.588. The van der Waals surface area contributed by atoms with Gasteiger partial charge in [0.1, 0.15) is 0 Å². The molecule has 0 atom stereocenters. The smallest absolute Gasteiger partial charge is 0.305 e. The number of benzene rings is 1. The van der Waals surface area contributed by atoms with E-state index in [1.54, 1.807) is 22.5 Å². The van der Waals surface area contributed by atoms with Gasteiger partial charge in [-0.25, -0.2) is 8.42 Å². The van der Waals surface area contributed by atoms with Crippen LogP contribution in [0.25, 0.3) is 10.2 Å². The number of sulfonamides is 1. The Labute approximate surface area is 151 Å². The third-order valence-electron chi connectivity index (χ3n) is 5.36. The van der Waals surface area contributed by atoms with E-state index in [1.165, 1.54) is 25.7 Å². The predicted octanol–water partition coefficient (Wildman–Crippen LogP) is 2.23. The summed E-state index contributed by atoms with van der Waals surface area (Å²) in [5, 5.41) is 0. The Morgan fingerprint density at radius 1 is 1.04 bits per heavy atom. The summed E-state index contributed by atoms with van der Waals surface area (Å²) in [6, 6.07) is 5.53. The Morgan fingerprint density at radius 3 is 2.64 bits per heavy atom. The number of nitrogens with zero attached hydrogens (tertiary/aromatic N) is 2. The number of aromatic amines is 1. The van der Waals surface area contributed by atoms with Gasteiger partial charge in [0, 0.05) is 25.7 Å². The van der Waals surface area contributed by atoms with E-state index in [9.17, 15) is 13.2 Å². The van der Waals surface area contributed by atoms with Crippen LogP contribution in [0.4, 0.5) is 0 Å². The van der Waals surface area contributed by atoms with Crippen molar-refractivity contribution in [1.29, 1.82) is 0 Å². The van der Waals surface area contributed by atoms with Crippen molar-refractivity contribution in [2.24, 2.45) is 0 Å². The van der Waals surface area contributed by atoms with Gasteiger partial charge in [0.25, 0.3) is 0 Å². The van der Waals surface area contributed by atoms with Crippen LogP contribution in [0.3, 0.4) is 0 Å². The van der Waals surface area contributed by atoms with Crippen LogP contribution in [0.15, 0.2) is 27.9 Å². The third kappa shape index (κ3) is 3.40. The SMILES string of the molecule is O=c1[nH]c2ccc(S(=O)(=O)N3CCCN(C4CCCC4)CC3)cc2s1. The zero-order chi connectivity index (χ0) is 17.4. The van der Waals surface area contributed by atoms with E-state index in [4.69, 9.17) is 0 Å². The topological polar surface area (TPSA) is 73.5 Å². The lowest BCUT2D eigenvalue weighted by atomic mass is 10.2. The molecule has 1 aliphatic carbocycles. The van der Waals surface area contributed by atoms with Crippen molar-refractivity contribution < 1.29 is 8.42 Å². The molecule has 0 unspecified atom stereocenters. The molecule has 4 rings (SSSR count). The fourth-order valence-electron chi connectivity index (χ4n) is 4.02. The van der Waals surface area contributed by atoms with Gasteiger partial charge >= 0.3 is 4.87 Å². The van der Waals surface area contributed by atoms with Crippen LogP contribution in [-0.4, -0.2) is 54.8 Å². The highest BCUT2D eigenvalue weighted by Gasteiger charge is 2.30. The van der Waals surface area contributed by atoms with E-state index in [1.807, 2.05) is 0 Å². The second kappa shape index (κ2) is 6.83. The van der Waals surface area contributed by atoms with Crippen LogP contribution in [0.2, 0.25) is 0 Å². The number of aromatic nitrogens is 1. The third-order valence-corrected chi connectivity index (χ3v) is 8.10. The summed E-state index contributed by atoms with van der Waals surface area (Å²) in [4.78, 5) is 16.8. The van der Waals surface area contributed by atoms with Gasteiger partial charge in [-0.05, 0) is 44.0 Å². The Hall–Kier alpha value is -1.22. The summed E-state index contributed by atoms with van der Waals surface area (Å²) < 4.78 is 28.4. The molecule has 1 aliphatic heterocycles. The standard InChI is InChI=1S/C17H23N3O3S2/c21-17-18-15-7-6-14(12-16(15)24-17)25(22,23)20-9-3-8-19(10-11-20)13-4-1-2-5-13/h6-7,12-13H,1-5,8-11H2,(H,18,21). The summed E-state index contributed by atoms with van der Waals surface area (Å²) >= 11 is 1.05. The van der Waals surface area contributed by atoms with Crippen molar-refractivity contribution in [1.82, 2.24) is 14.2 Å². The van der Waals surface area contributed by atoms with Crippen LogP contribution in [0, 0.1) is 0 Å². The molecule has 1 aromatic heterocycles. The minimum absolute atomic E-state index is 0.161. The van der Waals surface area contributed by atoms with Crippen LogP contribution in [0.5, 0.6) is 0 Å². The highest BCUT2D eigenvalue weighted by molar-refractivity contribution is 7.89. The predicted molar refractivity (Wildman–Crippen MR) is 99.7 cm³/mol. The summed E-state index contributed by atoms with van der Waals surface area (Å²) in [7, 11) is -3.52. The van der Waals surface area contributed by atoms with Gasteiger partial charge in [0.15, 0.2) is 0 Å². The van der Waals surface area contributed by atoms with E-state index >= 15 is 0 Å². The van der Waals surface area contributed by atoms with Crippen molar-refractivity contribution in [3.05, 3.63) is 27.9 Å². The zero-order valence-corrected chi connectivity index (χ0v) is 15.7. The molecular weight excluding hydrogens is 358 g/mol. The maximum absolute atomic E-state index is 13.0. The van der Waals surface area contributed by atoms with Crippen LogP contribution >= 0.6 is 11.3 Å². The number of hydrogen-bond acceptors (Lipinski definition) is 5. The first-order valence-corrected chi connectivity index (χ1v) is 11.2. The number of thiazole rings is 1. The lowest BCUT2D eigenvalue weighted by Crippen LogP contribution is -2.38. The normalized spacial score (nSPS) is 21.8. The van der Waals surface area contributed by atoms with Gasteiger partial charge in [-0.3, -0.25) is 9.69 Å². The Kier molecular flexibility index (Phi) is 4.70. The number of hydrogen-bond donors (Lipinski definition) is 1. The molecule has 2 aliphatic rings. The Morgan fingerprint density at radius 2 is 1.84 bits per heavy atom. The molecular formula is C17H23N3O3S2. The molecule has 136 valence electrons. The van der Waals surface area contributed by atoms with Crippen molar-refractivity contribution >= 4 is 31.6 Å². The van der Waals surface area contributed by atoms with Gasteiger partial charge in [-0.15, -0.1) is 0 Å². The Balaban J connectivity index is 1.55. The van der Waals surface area contributed by atoms with Crippen LogP contribution in [-0.2, 0) is 10.0 Å². The monoisotopic (exact) mass is 381 g/mol. The lowest BCUT2D eigenvalue weighted by Gasteiger charge is -2.27. The lowest BCUT2D eigenvalue weighted by molar-refractivity contribution is 0.209. The van der Waals surface area contributed by atoms with E-state index in [0.717, 1.165) is 30.8 Å². The number of nitrogens with one attached hydrogen (secondary N) is 1. The molecule has 6 nitrogen and oxygen atoms in total. The molecule has 8 heteroatoms. The minimum atomic E-state index is -3.52. The second-order valence-corrected chi connectivity index (χ2v) is 9.86. The van der Waals surface area contributed by atoms with E-state index in [0.29, 0.717) is 29.3 Å². The largest absolute Gasteiger partial charge is 0.312 e. The average molecular weight is 382 g/mol. The highest BCUT2D eigenvalue weighted by atomic mass is 32.2. The number of fused-ring (bicyclic) bond motifs is 1. The molecule has 2 heterocycles. The Bertz CT molecular complexity index is 913. The van der Waals surface area contributed by atoms with Gasteiger partial charge in [-0.1, -0.05) is 24.2 Å². The van der Waals surface area contributed by atoms with Crippen molar-refractivity contribution in [2.75, 3.05) is 26.2 Å². The van der Waals surface area contributed by atoms with Crippen molar-refractivity contribution in [2.45, 2.75) is 43.0 Å².